The minimum Gasteiger partial charge on any atom is -0.365 e. The zero-order valence-corrected chi connectivity index (χ0v) is 15.0. The fraction of sp³-hybridized carbons (Fsp3) is 0.222. The first-order valence-corrected chi connectivity index (χ1v) is 9.98. The molecular weight excluding hydrogens is 374 g/mol. The lowest BCUT2D eigenvalue weighted by molar-refractivity contribution is 0.510. The summed E-state index contributed by atoms with van der Waals surface area (Å²) in [5.41, 5.74) is 2.01. The number of halogens is 2. The number of rotatable bonds is 4. The largest absolute Gasteiger partial charge is 0.365 e. The molecule has 140 valence electrons. The van der Waals surface area contributed by atoms with E-state index < -0.39 is 21.7 Å². The van der Waals surface area contributed by atoms with Crippen molar-refractivity contribution in [3.05, 3.63) is 59.8 Å². The first-order chi connectivity index (χ1) is 12.9. The number of anilines is 2. The summed E-state index contributed by atoms with van der Waals surface area (Å²) in [6.45, 7) is 0.864. The second-order valence-electron chi connectivity index (χ2n) is 6.28. The molecule has 1 saturated heterocycles. The Hall–Kier alpha value is -2.81. The van der Waals surface area contributed by atoms with Gasteiger partial charge in [0.15, 0.2) is 11.6 Å². The van der Waals surface area contributed by atoms with Gasteiger partial charge in [0.1, 0.15) is 5.82 Å². The summed E-state index contributed by atoms with van der Waals surface area (Å²) in [6, 6.07) is 9.23. The van der Waals surface area contributed by atoms with E-state index in [1.165, 1.54) is 10.5 Å². The van der Waals surface area contributed by atoms with Crippen molar-refractivity contribution >= 4 is 32.6 Å². The summed E-state index contributed by atoms with van der Waals surface area (Å²) >= 11 is 0. The molecule has 1 fully saturated rings. The minimum absolute atomic E-state index is 0.166. The highest BCUT2D eigenvalue weighted by molar-refractivity contribution is 7.93. The summed E-state index contributed by atoms with van der Waals surface area (Å²) in [5.74, 6) is -1.37. The summed E-state index contributed by atoms with van der Waals surface area (Å²) < 4.78 is 52.2. The van der Waals surface area contributed by atoms with Gasteiger partial charge in [-0.2, -0.15) is 0 Å². The Bertz CT molecular complexity index is 1120. The SMILES string of the molecule is O=S1(=O)CCCN1c1cccc(CNc2cnc3cc(F)c(F)cc3n2)c1. The van der Waals surface area contributed by atoms with Gasteiger partial charge in [0.05, 0.1) is 28.7 Å². The standard InChI is InChI=1S/C18H16F2N4O2S/c19-14-8-16-17(9-15(14)20)23-18(11-21-16)22-10-12-3-1-4-13(7-12)24-5-2-6-27(24,25)26/h1,3-4,7-9,11H,2,5-6,10H2,(H,22,23). The molecule has 1 aromatic heterocycles. The monoisotopic (exact) mass is 390 g/mol. The van der Waals surface area contributed by atoms with Crippen LogP contribution >= 0.6 is 0 Å². The van der Waals surface area contributed by atoms with Crippen LogP contribution < -0.4 is 9.62 Å². The Balaban J connectivity index is 1.53. The molecular formula is C18H16F2N4O2S. The van der Waals surface area contributed by atoms with E-state index in [9.17, 15) is 17.2 Å². The van der Waals surface area contributed by atoms with Crippen molar-refractivity contribution in [1.82, 2.24) is 9.97 Å². The van der Waals surface area contributed by atoms with Gasteiger partial charge in [0, 0.05) is 25.2 Å². The van der Waals surface area contributed by atoms with Gasteiger partial charge in [-0.1, -0.05) is 12.1 Å². The molecule has 0 spiro atoms. The van der Waals surface area contributed by atoms with Gasteiger partial charge < -0.3 is 5.32 Å². The second kappa shape index (κ2) is 6.73. The van der Waals surface area contributed by atoms with E-state index in [0.29, 0.717) is 31.0 Å². The number of hydrogen-bond acceptors (Lipinski definition) is 5. The maximum absolute atomic E-state index is 13.4. The van der Waals surface area contributed by atoms with Crippen LogP contribution in [0.3, 0.4) is 0 Å². The predicted octanol–water partition coefficient (Wildman–Crippen LogP) is 3.06. The van der Waals surface area contributed by atoms with Crippen LogP contribution in [-0.2, 0) is 16.6 Å². The van der Waals surface area contributed by atoms with Crippen LogP contribution in [0.5, 0.6) is 0 Å². The van der Waals surface area contributed by atoms with E-state index in [-0.39, 0.29) is 16.8 Å². The highest BCUT2D eigenvalue weighted by Gasteiger charge is 2.28. The van der Waals surface area contributed by atoms with Crippen LogP contribution in [-0.4, -0.2) is 30.7 Å². The summed E-state index contributed by atoms with van der Waals surface area (Å²) in [4.78, 5) is 8.30. The van der Waals surface area contributed by atoms with E-state index in [4.69, 9.17) is 0 Å². The molecule has 1 N–H and O–H groups in total. The minimum atomic E-state index is -3.23. The third-order valence-corrected chi connectivity index (χ3v) is 6.23. The van der Waals surface area contributed by atoms with Crippen LogP contribution in [0.2, 0.25) is 0 Å². The third-order valence-electron chi connectivity index (χ3n) is 4.36. The van der Waals surface area contributed by atoms with Gasteiger partial charge in [-0.15, -0.1) is 0 Å². The highest BCUT2D eigenvalue weighted by Crippen LogP contribution is 2.25. The molecule has 2 heterocycles. The van der Waals surface area contributed by atoms with Crippen molar-refractivity contribution in [3.8, 4) is 0 Å². The lowest BCUT2D eigenvalue weighted by atomic mass is 10.2. The highest BCUT2D eigenvalue weighted by atomic mass is 32.2. The van der Waals surface area contributed by atoms with Crippen molar-refractivity contribution < 1.29 is 17.2 Å². The van der Waals surface area contributed by atoms with Crippen molar-refractivity contribution in [3.63, 3.8) is 0 Å². The zero-order valence-electron chi connectivity index (χ0n) is 14.2. The molecule has 0 aliphatic carbocycles. The van der Waals surface area contributed by atoms with Crippen LogP contribution in [0.25, 0.3) is 11.0 Å². The molecule has 0 atom stereocenters. The lowest BCUT2D eigenvalue weighted by Crippen LogP contribution is -2.25. The van der Waals surface area contributed by atoms with Crippen molar-refractivity contribution in [2.45, 2.75) is 13.0 Å². The smallest absolute Gasteiger partial charge is 0.235 e. The number of hydrogen-bond donors (Lipinski definition) is 1. The molecule has 0 radical (unpaired) electrons. The molecule has 2 aromatic carbocycles. The molecule has 0 amide bonds. The Labute approximate surface area is 154 Å². The normalized spacial score (nSPS) is 16.0. The third kappa shape index (κ3) is 3.55. The number of sulfonamides is 1. The van der Waals surface area contributed by atoms with Crippen molar-refractivity contribution in [2.24, 2.45) is 0 Å². The second-order valence-corrected chi connectivity index (χ2v) is 8.29. The molecule has 6 nitrogen and oxygen atoms in total. The molecule has 0 saturated carbocycles. The fourth-order valence-corrected chi connectivity index (χ4v) is 4.59. The molecule has 1 aliphatic heterocycles. The number of nitrogens with zero attached hydrogens (tertiary/aromatic N) is 3. The molecule has 0 unspecified atom stereocenters. The maximum atomic E-state index is 13.4. The molecule has 9 heteroatoms. The molecule has 0 bridgehead atoms. The van der Waals surface area contributed by atoms with Crippen LogP contribution in [0.15, 0.2) is 42.6 Å². The van der Waals surface area contributed by atoms with E-state index in [0.717, 1.165) is 17.7 Å². The number of aromatic nitrogens is 2. The van der Waals surface area contributed by atoms with Crippen LogP contribution in [0.1, 0.15) is 12.0 Å². The van der Waals surface area contributed by atoms with Gasteiger partial charge in [0.25, 0.3) is 0 Å². The summed E-state index contributed by atoms with van der Waals surface area (Å²) in [5, 5.41) is 3.07. The molecule has 27 heavy (non-hydrogen) atoms. The maximum Gasteiger partial charge on any atom is 0.235 e. The molecule has 1 aliphatic rings. The number of nitrogens with one attached hydrogen (secondary N) is 1. The van der Waals surface area contributed by atoms with E-state index in [1.54, 1.807) is 18.2 Å². The van der Waals surface area contributed by atoms with Gasteiger partial charge >= 0.3 is 0 Å². The fourth-order valence-electron chi connectivity index (χ4n) is 3.04. The summed E-state index contributed by atoms with van der Waals surface area (Å²) in [7, 11) is -3.23. The Kier molecular flexibility index (Phi) is 4.39. The number of fused-ring (bicyclic) bond motifs is 1. The van der Waals surface area contributed by atoms with Gasteiger partial charge in [-0.05, 0) is 24.1 Å². The van der Waals surface area contributed by atoms with Gasteiger partial charge in [-0.25, -0.2) is 22.2 Å². The molecule has 3 aromatic rings. The van der Waals surface area contributed by atoms with Gasteiger partial charge in [-0.3, -0.25) is 9.29 Å². The first-order valence-electron chi connectivity index (χ1n) is 8.37. The summed E-state index contributed by atoms with van der Waals surface area (Å²) in [6.07, 6.45) is 2.06. The average Bonchev–Trinajstić information content (AvgIpc) is 3.00. The van der Waals surface area contributed by atoms with Crippen molar-refractivity contribution in [2.75, 3.05) is 21.9 Å². The van der Waals surface area contributed by atoms with Crippen molar-refractivity contribution in [1.29, 1.82) is 0 Å². The van der Waals surface area contributed by atoms with Crippen LogP contribution in [0.4, 0.5) is 20.3 Å². The first kappa shape index (κ1) is 17.6. The van der Waals surface area contributed by atoms with E-state index in [2.05, 4.69) is 15.3 Å². The average molecular weight is 390 g/mol. The Morgan fingerprint density at radius 1 is 1.11 bits per heavy atom. The Morgan fingerprint density at radius 2 is 1.89 bits per heavy atom. The van der Waals surface area contributed by atoms with E-state index in [1.807, 2.05) is 6.07 Å². The van der Waals surface area contributed by atoms with Gasteiger partial charge in [0.2, 0.25) is 10.0 Å². The van der Waals surface area contributed by atoms with Crippen LogP contribution in [0, 0.1) is 11.6 Å². The Morgan fingerprint density at radius 3 is 2.63 bits per heavy atom. The topological polar surface area (TPSA) is 75.2 Å². The van der Waals surface area contributed by atoms with E-state index >= 15 is 0 Å². The quantitative estimate of drug-likeness (QED) is 0.741. The molecule has 4 rings (SSSR count). The zero-order chi connectivity index (χ0) is 19.0. The predicted molar refractivity (Wildman–Crippen MR) is 99.0 cm³/mol. The number of benzene rings is 2. The lowest BCUT2D eigenvalue weighted by Gasteiger charge is -2.17.